The quantitative estimate of drug-likeness (QED) is 0.333. The van der Waals surface area contributed by atoms with Crippen molar-refractivity contribution in [1.82, 2.24) is 4.57 Å². The molecule has 3 aromatic rings. The van der Waals surface area contributed by atoms with Crippen molar-refractivity contribution in [2.45, 2.75) is 26.2 Å². The Kier molecular flexibility index (Phi) is 6.20. The number of nitrogens with zero attached hydrogens (tertiary/aromatic N) is 3. The maximum absolute atomic E-state index is 12.5. The number of nitro groups is 1. The van der Waals surface area contributed by atoms with Gasteiger partial charge < -0.3 is 9.30 Å². The molecular formula is C20H21N3O4S. The molecule has 1 heterocycles. The summed E-state index contributed by atoms with van der Waals surface area (Å²) in [7, 11) is 1.74. The lowest BCUT2D eigenvalue weighted by Gasteiger charge is -2.05. The lowest BCUT2D eigenvalue weighted by molar-refractivity contribution is -0.384. The number of carbonyl (C=O) groups is 1. The summed E-state index contributed by atoms with van der Waals surface area (Å²) in [5, 5.41) is 11.0. The second-order valence-electron chi connectivity index (χ2n) is 6.35. The summed E-state index contributed by atoms with van der Waals surface area (Å²) in [6.45, 7) is 2.80. The van der Waals surface area contributed by atoms with E-state index in [1.807, 2.05) is 0 Å². The van der Waals surface area contributed by atoms with E-state index in [0.717, 1.165) is 29.7 Å². The molecule has 0 fully saturated rings. The summed E-state index contributed by atoms with van der Waals surface area (Å²) in [5.41, 5.74) is 1.14. The first-order valence-electron chi connectivity index (χ1n) is 9.05. The van der Waals surface area contributed by atoms with Gasteiger partial charge in [-0.2, -0.15) is 4.99 Å². The fraction of sp³-hybridized carbons (Fsp3) is 0.300. The molecule has 0 saturated carbocycles. The molecule has 146 valence electrons. The summed E-state index contributed by atoms with van der Waals surface area (Å²) in [6.07, 6.45) is 3.28. The van der Waals surface area contributed by atoms with Crippen LogP contribution in [0, 0.1) is 10.1 Å². The van der Waals surface area contributed by atoms with Crippen molar-refractivity contribution in [3.8, 4) is 5.75 Å². The average molecular weight is 399 g/mol. The van der Waals surface area contributed by atoms with E-state index in [9.17, 15) is 14.9 Å². The number of aryl methyl sites for hydroxylation is 1. The maximum Gasteiger partial charge on any atom is 0.279 e. The molecule has 0 aliphatic rings. The predicted octanol–water partition coefficient (Wildman–Crippen LogP) is 4.46. The summed E-state index contributed by atoms with van der Waals surface area (Å²) < 4.78 is 8.17. The summed E-state index contributed by atoms with van der Waals surface area (Å²) in [4.78, 5) is 27.7. The van der Waals surface area contributed by atoms with E-state index >= 15 is 0 Å². The van der Waals surface area contributed by atoms with E-state index in [4.69, 9.17) is 4.74 Å². The molecule has 0 aliphatic carbocycles. The molecule has 0 N–H and O–H groups in total. The fourth-order valence-corrected chi connectivity index (χ4v) is 3.72. The van der Waals surface area contributed by atoms with E-state index in [2.05, 4.69) is 11.9 Å². The van der Waals surface area contributed by atoms with Crippen LogP contribution in [0.4, 0.5) is 5.69 Å². The van der Waals surface area contributed by atoms with Gasteiger partial charge in [0.15, 0.2) is 4.80 Å². The molecule has 0 aliphatic heterocycles. The van der Waals surface area contributed by atoms with Crippen LogP contribution in [-0.2, 0) is 7.05 Å². The summed E-state index contributed by atoms with van der Waals surface area (Å²) >= 11 is 1.31. The van der Waals surface area contributed by atoms with Crippen molar-refractivity contribution in [3.05, 3.63) is 62.9 Å². The number of aromatic nitrogens is 1. The van der Waals surface area contributed by atoms with Crippen LogP contribution < -0.4 is 9.54 Å². The molecule has 0 saturated heterocycles. The van der Waals surface area contributed by atoms with Crippen LogP contribution in [-0.4, -0.2) is 22.0 Å². The summed E-state index contributed by atoms with van der Waals surface area (Å²) in [6, 6.07) is 11.5. The molecular weight excluding hydrogens is 378 g/mol. The van der Waals surface area contributed by atoms with Gasteiger partial charge in [-0.15, -0.1) is 0 Å². The fourth-order valence-electron chi connectivity index (χ4n) is 2.72. The zero-order valence-electron chi connectivity index (χ0n) is 15.8. The molecule has 1 amide bonds. The Morgan fingerprint density at radius 1 is 1.21 bits per heavy atom. The molecule has 2 aromatic carbocycles. The van der Waals surface area contributed by atoms with Crippen molar-refractivity contribution < 1.29 is 14.5 Å². The van der Waals surface area contributed by atoms with Crippen LogP contribution >= 0.6 is 11.3 Å². The van der Waals surface area contributed by atoms with Gasteiger partial charge in [0.25, 0.3) is 11.6 Å². The third kappa shape index (κ3) is 4.45. The van der Waals surface area contributed by atoms with Crippen LogP contribution in [0.5, 0.6) is 5.75 Å². The third-order valence-corrected chi connectivity index (χ3v) is 5.43. The number of non-ortho nitro benzene ring substituents is 1. The highest BCUT2D eigenvalue weighted by atomic mass is 32.1. The highest BCUT2D eigenvalue weighted by Crippen LogP contribution is 2.22. The molecule has 1 aromatic heterocycles. The van der Waals surface area contributed by atoms with Gasteiger partial charge in [-0.1, -0.05) is 31.1 Å². The van der Waals surface area contributed by atoms with Crippen LogP contribution in [0.25, 0.3) is 10.2 Å². The van der Waals surface area contributed by atoms with Gasteiger partial charge in [-0.3, -0.25) is 14.9 Å². The van der Waals surface area contributed by atoms with Crippen molar-refractivity contribution >= 4 is 33.1 Å². The average Bonchev–Trinajstić information content (AvgIpc) is 3.00. The van der Waals surface area contributed by atoms with Gasteiger partial charge in [0, 0.05) is 24.7 Å². The number of rotatable bonds is 7. The number of hydrogen-bond acceptors (Lipinski definition) is 5. The smallest absolute Gasteiger partial charge is 0.279 e. The Bertz CT molecular complexity index is 1070. The van der Waals surface area contributed by atoms with Crippen LogP contribution in [0.3, 0.4) is 0 Å². The molecule has 7 nitrogen and oxygen atoms in total. The van der Waals surface area contributed by atoms with E-state index in [1.165, 1.54) is 23.5 Å². The first-order chi connectivity index (χ1) is 13.5. The van der Waals surface area contributed by atoms with E-state index in [0.29, 0.717) is 22.5 Å². The van der Waals surface area contributed by atoms with Gasteiger partial charge in [0.1, 0.15) is 5.75 Å². The number of ether oxygens (including phenoxy) is 1. The predicted molar refractivity (Wildman–Crippen MR) is 109 cm³/mol. The van der Waals surface area contributed by atoms with Gasteiger partial charge in [0.2, 0.25) is 0 Å². The number of nitro benzene ring substituents is 1. The lowest BCUT2D eigenvalue weighted by atomic mass is 10.2. The Morgan fingerprint density at radius 2 is 1.96 bits per heavy atom. The minimum Gasteiger partial charge on any atom is -0.494 e. The second kappa shape index (κ2) is 8.79. The van der Waals surface area contributed by atoms with E-state index < -0.39 is 4.92 Å². The SMILES string of the molecule is CCCCCOc1ccc(C(=O)N=c2sc3ccc([N+](=O)[O-])cc3n2C)cc1. The zero-order valence-corrected chi connectivity index (χ0v) is 16.6. The Labute approximate surface area is 166 Å². The molecule has 0 bridgehead atoms. The minimum absolute atomic E-state index is 0.00769. The van der Waals surface area contributed by atoms with Crippen molar-refractivity contribution in [3.63, 3.8) is 0 Å². The molecule has 0 atom stereocenters. The van der Waals surface area contributed by atoms with Gasteiger partial charge in [-0.25, -0.2) is 0 Å². The monoisotopic (exact) mass is 399 g/mol. The van der Waals surface area contributed by atoms with Crippen molar-refractivity contribution in [2.24, 2.45) is 12.0 Å². The number of amides is 1. The third-order valence-electron chi connectivity index (χ3n) is 4.32. The van der Waals surface area contributed by atoms with Gasteiger partial charge in [-0.05, 0) is 36.8 Å². The first kappa shape index (κ1) is 19.8. The Balaban J connectivity index is 1.80. The van der Waals surface area contributed by atoms with Crippen LogP contribution in [0.1, 0.15) is 36.5 Å². The summed E-state index contributed by atoms with van der Waals surface area (Å²) in [5.74, 6) is 0.363. The second-order valence-corrected chi connectivity index (χ2v) is 7.36. The van der Waals surface area contributed by atoms with E-state index in [-0.39, 0.29) is 11.6 Å². The van der Waals surface area contributed by atoms with Crippen molar-refractivity contribution in [2.75, 3.05) is 6.61 Å². The minimum atomic E-state index is -0.440. The highest BCUT2D eigenvalue weighted by molar-refractivity contribution is 7.16. The zero-order chi connectivity index (χ0) is 20.1. The van der Waals surface area contributed by atoms with Crippen LogP contribution in [0.15, 0.2) is 47.5 Å². The molecule has 3 rings (SSSR count). The standard InChI is InChI=1S/C20H21N3O4S/c1-3-4-5-12-27-16-9-6-14(7-10-16)19(24)21-20-22(2)17-13-15(23(25)26)8-11-18(17)28-20/h6-11,13H,3-5,12H2,1-2H3. The number of fused-ring (bicyclic) bond motifs is 1. The number of unbranched alkanes of at least 4 members (excludes halogenated alkanes) is 2. The van der Waals surface area contributed by atoms with Gasteiger partial charge in [0.05, 0.1) is 21.7 Å². The van der Waals surface area contributed by atoms with Gasteiger partial charge >= 0.3 is 0 Å². The molecule has 8 heteroatoms. The molecule has 0 spiro atoms. The first-order valence-corrected chi connectivity index (χ1v) is 9.87. The molecule has 0 radical (unpaired) electrons. The molecule has 0 unspecified atom stereocenters. The molecule has 28 heavy (non-hydrogen) atoms. The van der Waals surface area contributed by atoms with E-state index in [1.54, 1.807) is 41.9 Å². The maximum atomic E-state index is 12.5. The number of benzene rings is 2. The topological polar surface area (TPSA) is 86.7 Å². The van der Waals surface area contributed by atoms with Crippen LogP contribution in [0.2, 0.25) is 0 Å². The van der Waals surface area contributed by atoms with Crippen molar-refractivity contribution in [1.29, 1.82) is 0 Å². The Morgan fingerprint density at radius 3 is 2.64 bits per heavy atom. The lowest BCUT2D eigenvalue weighted by Crippen LogP contribution is -2.13. The largest absolute Gasteiger partial charge is 0.494 e. The number of thiazole rings is 1. The highest BCUT2D eigenvalue weighted by Gasteiger charge is 2.11. The normalized spacial score (nSPS) is 11.7. The Hall–Kier alpha value is -3.00. The number of carbonyl (C=O) groups excluding carboxylic acids is 1. The number of hydrogen-bond donors (Lipinski definition) is 0.